The van der Waals surface area contributed by atoms with Gasteiger partial charge >= 0.3 is 41.8 Å². The summed E-state index contributed by atoms with van der Waals surface area (Å²) in [7, 11) is 0. The van der Waals surface area contributed by atoms with Crippen molar-refractivity contribution >= 4 is 41.8 Å². The van der Waals surface area contributed by atoms with Crippen LogP contribution in [0.4, 0.5) is 0 Å². The fraction of sp³-hybridized carbons (Fsp3) is 0.611. The Balaban J connectivity index is 5.30. The van der Waals surface area contributed by atoms with Crippen LogP contribution in [0.15, 0.2) is 0 Å². The number of ether oxygens (including phenoxy) is 4. The zero-order chi connectivity index (χ0) is 28.3. The van der Waals surface area contributed by atoms with Gasteiger partial charge in [-0.1, -0.05) is 0 Å². The number of rotatable bonds is 15. The van der Waals surface area contributed by atoms with Gasteiger partial charge in [0.2, 0.25) is 12.2 Å². The van der Waals surface area contributed by atoms with Crippen molar-refractivity contribution in [3.63, 3.8) is 0 Å². The quantitative estimate of drug-likeness (QED) is 0.0776. The Hall–Kier alpha value is -3.87. The molecule has 0 spiro atoms. The first-order valence-corrected chi connectivity index (χ1v) is 9.72. The van der Waals surface area contributed by atoms with Gasteiger partial charge in [0.1, 0.15) is 6.10 Å². The molecule has 204 valence electrons. The number of carboxylic acid groups (broad SMARTS) is 3. The Morgan fingerprint density at radius 2 is 1.00 bits per heavy atom. The summed E-state index contributed by atoms with van der Waals surface area (Å²) < 4.78 is 17.4. The van der Waals surface area contributed by atoms with Gasteiger partial charge in [-0.25, -0.2) is 28.8 Å². The van der Waals surface area contributed by atoms with Gasteiger partial charge in [0.05, 0.1) is 13.0 Å². The highest BCUT2D eigenvalue weighted by molar-refractivity contribution is 5.91. The van der Waals surface area contributed by atoms with Crippen LogP contribution < -0.4 is 0 Å². The van der Waals surface area contributed by atoms with Gasteiger partial charge in [0.25, 0.3) is 0 Å². The molecule has 0 amide bonds. The summed E-state index contributed by atoms with van der Waals surface area (Å²) in [4.78, 5) is 79.9. The Morgan fingerprint density at radius 3 is 1.39 bits per heavy atom. The summed E-state index contributed by atoms with van der Waals surface area (Å²) in [6, 6.07) is 0. The Morgan fingerprint density at radius 1 is 0.611 bits per heavy atom. The molecule has 18 heteroatoms. The van der Waals surface area contributed by atoms with Crippen molar-refractivity contribution in [3.05, 3.63) is 0 Å². The van der Waals surface area contributed by atoms with Crippen LogP contribution in [-0.4, -0.2) is 127 Å². The molecule has 36 heavy (non-hydrogen) atoms. The average Bonchev–Trinajstić information content (AvgIpc) is 2.77. The molecule has 0 bridgehead atoms. The van der Waals surface area contributed by atoms with Crippen LogP contribution in [0, 0.1) is 0 Å². The lowest BCUT2D eigenvalue weighted by atomic mass is 10.1. The van der Waals surface area contributed by atoms with Crippen LogP contribution in [-0.2, 0) is 52.5 Å². The molecule has 7 unspecified atom stereocenters. The zero-order valence-corrected chi connectivity index (χ0v) is 18.6. The summed E-state index contributed by atoms with van der Waals surface area (Å²) in [5.74, 6) is -13.3. The van der Waals surface area contributed by atoms with Gasteiger partial charge < -0.3 is 54.7 Å². The van der Waals surface area contributed by atoms with Gasteiger partial charge in [-0.05, 0) is 13.8 Å². The van der Waals surface area contributed by atoms with Gasteiger partial charge in [-0.15, -0.1) is 0 Å². The van der Waals surface area contributed by atoms with Crippen molar-refractivity contribution < 1.29 is 88.3 Å². The molecule has 0 aromatic heterocycles. The van der Waals surface area contributed by atoms with Crippen LogP contribution in [0.1, 0.15) is 20.3 Å². The third kappa shape index (κ3) is 9.78. The summed E-state index contributed by atoms with van der Waals surface area (Å²) in [6.07, 6.45) is -18.8. The molecule has 0 aromatic carbocycles. The van der Waals surface area contributed by atoms with Crippen LogP contribution >= 0.6 is 0 Å². The monoisotopic (exact) mass is 528 g/mol. The van der Waals surface area contributed by atoms with E-state index in [1.807, 2.05) is 0 Å². The normalized spacial score (nSPS) is 16.6. The molecule has 0 aromatic rings. The molecule has 0 saturated heterocycles. The maximum absolute atomic E-state index is 12.0. The van der Waals surface area contributed by atoms with Crippen molar-refractivity contribution in [1.29, 1.82) is 0 Å². The fourth-order valence-corrected chi connectivity index (χ4v) is 2.16. The maximum atomic E-state index is 12.0. The number of carboxylic acids is 3. The van der Waals surface area contributed by atoms with Crippen LogP contribution in [0.25, 0.3) is 0 Å². The van der Waals surface area contributed by atoms with E-state index in [0.29, 0.717) is 0 Å². The maximum Gasteiger partial charge on any atom is 0.348 e. The second kappa shape index (κ2) is 14.5. The van der Waals surface area contributed by atoms with Gasteiger partial charge in [-0.2, -0.15) is 0 Å². The molecule has 0 radical (unpaired) electrons. The van der Waals surface area contributed by atoms with E-state index >= 15 is 0 Å². The van der Waals surface area contributed by atoms with Gasteiger partial charge in [-0.3, -0.25) is 4.79 Å². The lowest BCUT2D eigenvalue weighted by Gasteiger charge is -2.23. The van der Waals surface area contributed by atoms with Crippen LogP contribution in [0.2, 0.25) is 0 Å². The van der Waals surface area contributed by atoms with Crippen molar-refractivity contribution in [2.75, 3.05) is 6.61 Å². The van der Waals surface area contributed by atoms with Crippen LogP contribution in [0.3, 0.4) is 0 Å². The third-order valence-electron chi connectivity index (χ3n) is 3.90. The second-order valence-electron chi connectivity index (χ2n) is 6.77. The molecule has 7 atom stereocenters. The standard InChI is InChI=1S/C18H24O18/c1-3-33-6(19)4-5(2)34-16(30)7(20)8(21)17(31)36-12(15(28)29)10(23)18(32)35-11(14(26)27)9(22)13(24)25/h5,7-12,20-23H,3-4H2,1-2H3,(H,24,25)(H,26,27)(H,28,29). The van der Waals surface area contributed by atoms with E-state index in [-0.39, 0.29) is 6.61 Å². The smallest absolute Gasteiger partial charge is 0.348 e. The third-order valence-corrected chi connectivity index (χ3v) is 3.90. The molecule has 0 aliphatic heterocycles. The Kier molecular flexibility index (Phi) is 13.0. The van der Waals surface area contributed by atoms with Crippen molar-refractivity contribution in [2.45, 2.75) is 63.0 Å². The average molecular weight is 528 g/mol. The number of hydrogen-bond acceptors (Lipinski definition) is 15. The van der Waals surface area contributed by atoms with E-state index in [9.17, 15) is 54.0 Å². The molecule has 0 aliphatic rings. The molecule has 0 fully saturated rings. The minimum atomic E-state index is -3.03. The second-order valence-corrected chi connectivity index (χ2v) is 6.77. The highest BCUT2D eigenvalue weighted by Crippen LogP contribution is 2.11. The van der Waals surface area contributed by atoms with Gasteiger partial charge in [0.15, 0.2) is 24.4 Å². The Labute approximate surface area is 200 Å². The predicted octanol–water partition coefficient (Wildman–Crippen LogP) is -4.61. The van der Waals surface area contributed by atoms with Crippen LogP contribution in [0.5, 0.6) is 0 Å². The summed E-state index contributed by atoms with van der Waals surface area (Å²) in [6.45, 7) is 2.72. The fourth-order valence-electron chi connectivity index (χ4n) is 2.16. The number of aliphatic hydroxyl groups excluding tert-OH is 4. The highest BCUT2D eigenvalue weighted by atomic mass is 16.6. The van der Waals surface area contributed by atoms with E-state index in [0.717, 1.165) is 0 Å². The molecule has 18 nitrogen and oxygen atoms in total. The van der Waals surface area contributed by atoms with E-state index in [1.54, 1.807) is 0 Å². The number of esters is 4. The number of carbonyl (C=O) groups is 7. The molecular weight excluding hydrogens is 504 g/mol. The van der Waals surface area contributed by atoms with Crippen molar-refractivity contribution in [2.24, 2.45) is 0 Å². The molecule has 7 N–H and O–H groups in total. The van der Waals surface area contributed by atoms with Crippen molar-refractivity contribution in [1.82, 2.24) is 0 Å². The lowest BCUT2D eigenvalue weighted by molar-refractivity contribution is -0.196. The number of hydrogen-bond donors (Lipinski definition) is 7. The highest BCUT2D eigenvalue weighted by Gasteiger charge is 2.44. The van der Waals surface area contributed by atoms with E-state index in [1.165, 1.54) is 13.8 Å². The van der Waals surface area contributed by atoms with E-state index in [2.05, 4.69) is 18.9 Å². The predicted molar refractivity (Wildman–Crippen MR) is 103 cm³/mol. The molecule has 0 aliphatic carbocycles. The number of carbonyl (C=O) groups excluding carboxylic acids is 4. The lowest BCUT2D eigenvalue weighted by Crippen LogP contribution is -2.51. The minimum absolute atomic E-state index is 0.0217. The molecule has 0 rings (SSSR count). The number of aliphatic hydroxyl groups is 4. The van der Waals surface area contributed by atoms with E-state index < -0.39 is 90.9 Å². The summed E-state index contributed by atoms with van der Waals surface area (Å²) in [5, 5.41) is 65.0. The molecule has 0 heterocycles. The number of aliphatic carboxylic acids is 3. The first-order valence-electron chi connectivity index (χ1n) is 9.72. The largest absolute Gasteiger partial charge is 0.479 e. The van der Waals surface area contributed by atoms with E-state index in [4.69, 9.17) is 15.3 Å². The van der Waals surface area contributed by atoms with Crippen molar-refractivity contribution in [3.8, 4) is 0 Å². The Bertz CT molecular complexity index is 851. The minimum Gasteiger partial charge on any atom is -0.479 e. The summed E-state index contributed by atoms with van der Waals surface area (Å²) in [5.41, 5.74) is 0. The summed E-state index contributed by atoms with van der Waals surface area (Å²) >= 11 is 0. The SMILES string of the molecule is CCOC(=O)CC(C)OC(=O)C(O)C(O)C(=O)OC(C(=O)O)C(O)C(=O)OC(C(=O)O)C(O)C(=O)O. The van der Waals surface area contributed by atoms with Gasteiger partial charge in [0, 0.05) is 0 Å². The molecule has 0 saturated carbocycles. The first kappa shape index (κ1) is 32.1. The first-order chi connectivity index (χ1) is 16.5. The zero-order valence-electron chi connectivity index (χ0n) is 18.6. The molecular formula is C18H24O18. The topological polar surface area (TPSA) is 298 Å².